The second-order valence-electron chi connectivity index (χ2n) is 6.33. The second kappa shape index (κ2) is 8.84. The molecule has 0 bridgehead atoms. The van der Waals surface area contributed by atoms with Crippen LogP contribution in [0.1, 0.15) is 40.5 Å². The zero-order valence-corrected chi connectivity index (χ0v) is 16.8. The smallest absolute Gasteiger partial charge is 0.351 e. The highest BCUT2D eigenvalue weighted by molar-refractivity contribution is 7.17. The lowest BCUT2D eigenvalue weighted by Gasteiger charge is -2.12. The lowest BCUT2D eigenvalue weighted by Crippen LogP contribution is -2.35. The van der Waals surface area contributed by atoms with E-state index in [1.54, 1.807) is 19.1 Å². The summed E-state index contributed by atoms with van der Waals surface area (Å²) in [5.41, 5.74) is 2.78. The van der Waals surface area contributed by atoms with Gasteiger partial charge < -0.3 is 14.5 Å². The number of aryl methyl sites for hydroxylation is 2. The Morgan fingerprint density at radius 2 is 2.00 bits per heavy atom. The van der Waals surface area contributed by atoms with E-state index < -0.39 is 12.1 Å². The molecular weight excluding hydrogens is 376 g/mol. The number of rotatable bonds is 7. The average Bonchev–Trinajstić information content (AvgIpc) is 3.35. The van der Waals surface area contributed by atoms with Gasteiger partial charge in [0.25, 0.3) is 5.91 Å². The number of benzene rings is 1. The molecule has 2 heterocycles. The van der Waals surface area contributed by atoms with Crippen molar-refractivity contribution in [2.24, 2.45) is 0 Å². The quantitative estimate of drug-likeness (QED) is 0.605. The Hall–Kier alpha value is -2.93. The first-order chi connectivity index (χ1) is 13.5. The summed E-state index contributed by atoms with van der Waals surface area (Å²) < 4.78 is 10.5. The first kappa shape index (κ1) is 19.8. The van der Waals surface area contributed by atoms with Crippen LogP contribution in [0.15, 0.2) is 47.1 Å². The number of carbonyl (C=O) groups is 2. The summed E-state index contributed by atoms with van der Waals surface area (Å²) in [4.78, 5) is 29.5. The van der Waals surface area contributed by atoms with Crippen LogP contribution in [0.25, 0.3) is 10.6 Å². The van der Waals surface area contributed by atoms with Crippen molar-refractivity contribution in [2.75, 3.05) is 0 Å². The molecule has 0 fully saturated rings. The number of hydrogen-bond acceptors (Lipinski definition) is 6. The Labute approximate surface area is 167 Å². The van der Waals surface area contributed by atoms with Gasteiger partial charge in [-0.3, -0.25) is 4.79 Å². The van der Waals surface area contributed by atoms with Crippen LogP contribution >= 0.6 is 11.3 Å². The highest BCUT2D eigenvalue weighted by Gasteiger charge is 2.23. The van der Waals surface area contributed by atoms with E-state index in [2.05, 4.69) is 29.4 Å². The fourth-order valence-corrected chi connectivity index (χ4v) is 3.55. The van der Waals surface area contributed by atoms with E-state index in [1.807, 2.05) is 12.1 Å². The maximum Gasteiger partial charge on any atom is 0.351 e. The van der Waals surface area contributed by atoms with Crippen LogP contribution in [0.2, 0.25) is 0 Å². The van der Waals surface area contributed by atoms with Gasteiger partial charge in [-0.2, -0.15) is 0 Å². The first-order valence-electron chi connectivity index (χ1n) is 9.05. The van der Waals surface area contributed by atoms with Crippen molar-refractivity contribution in [1.82, 2.24) is 10.3 Å². The molecule has 0 aliphatic heterocycles. The lowest BCUT2D eigenvalue weighted by atomic mass is 10.1. The monoisotopic (exact) mass is 398 g/mol. The van der Waals surface area contributed by atoms with Crippen LogP contribution in [0, 0.1) is 6.92 Å². The highest BCUT2D eigenvalue weighted by Crippen LogP contribution is 2.29. The molecule has 1 N–H and O–H groups in total. The number of esters is 1. The average molecular weight is 398 g/mol. The van der Waals surface area contributed by atoms with E-state index in [4.69, 9.17) is 9.15 Å². The third kappa shape index (κ3) is 4.67. The maximum atomic E-state index is 12.5. The molecule has 3 aromatic rings. The molecule has 7 heteroatoms. The van der Waals surface area contributed by atoms with Crippen LogP contribution in [0.4, 0.5) is 0 Å². The van der Waals surface area contributed by atoms with Gasteiger partial charge in [0, 0.05) is 5.56 Å². The summed E-state index contributed by atoms with van der Waals surface area (Å²) in [5, 5.41) is 3.43. The van der Waals surface area contributed by atoms with E-state index in [-0.39, 0.29) is 12.5 Å². The molecule has 28 heavy (non-hydrogen) atoms. The number of nitrogens with one attached hydrogen (secondary N) is 1. The van der Waals surface area contributed by atoms with Gasteiger partial charge in [0.2, 0.25) is 0 Å². The molecule has 2 aromatic heterocycles. The fourth-order valence-electron chi connectivity index (χ4n) is 2.59. The van der Waals surface area contributed by atoms with Gasteiger partial charge in [-0.05, 0) is 38.0 Å². The van der Waals surface area contributed by atoms with Gasteiger partial charge in [0.05, 0.1) is 18.5 Å². The van der Waals surface area contributed by atoms with Crippen LogP contribution in [-0.4, -0.2) is 23.0 Å². The van der Waals surface area contributed by atoms with E-state index in [9.17, 15) is 9.59 Å². The van der Waals surface area contributed by atoms with E-state index in [0.29, 0.717) is 16.3 Å². The summed E-state index contributed by atoms with van der Waals surface area (Å²) in [7, 11) is 0. The Morgan fingerprint density at radius 1 is 1.25 bits per heavy atom. The molecule has 0 aliphatic carbocycles. The van der Waals surface area contributed by atoms with Crippen LogP contribution in [0.3, 0.4) is 0 Å². The summed E-state index contributed by atoms with van der Waals surface area (Å²) in [6, 6.07) is 11.6. The van der Waals surface area contributed by atoms with Crippen molar-refractivity contribution in [3.05, 3.63) is 64.6 Å². The zero-order chi connectivity index (χ0) is 20.1. The normalized spacial score (nSPS) is 11.8. The summed E-state index contributed by atoms with van der Waals surface area (Å²) in [6.45, 7) is 5.64. The number of furan rings is 1. The summed E-state index contributed by atoms with van der Waals surface area (Å²) in [6.07, 6.45) is 1.58. The maximum absolute atomic E-state index is 12.5. The number of aromatic nitrogens is 1. The molecule has 146 valence electrons. The van der Waals surface area contributed by atoms with Gasteiger partial charge in [-0.25, -0.2) is 9.78 Å². The molecule has 0 saturated carbocycles. The third-order valence-corrected chi connectivity index (χ3v) is 5.45. The predicted molar refractivity (Wildman–Crippen MR) is 107 cm³/mol. The molecule has 1 atom stereocenters. The van der Waals surface area contributed by atoms with Crippen molar-refractivity contribution in [2.45, 2.75) is 39.8 Å². The van der Waals surface area contributed by atoms with Crippen molar-refractivity contribution in [3.63, 3.8) is 0 Å². The number of amides is 1. The van der Waals surface area contributed by atoms with Crippen molar-refractivity contribution < 1.29 is 18.7 Å². The number of hydrogen-bond donors (Lipinski definition) is 1. The van der Waals surface area contributed by atoms with E-state index in [0.717, 1.165) is 17.0 Å². The molecule has 0 aliphatic rings. The minimum Gasteiger partial charge on any atom is -0.467 e. The Balaban J connectivity index is 1.63. The molecule has 1 amide bonds. The van der Waals surface area contributed by atoms with Crippen molar-refractivity contribution >= 4 is 23.2 Å². The number of ether oxygens (including phenoxy) is 1. The number of carbonyl (C=O) groups excluding carboxylic acids is 2. The van der Waals surface area contributed by atoms with Crippen molar-refractivity contribution in [1.29, 1.82) is 0 Å². The summed E-state index contributed by atoms with van der Waals surface area (Å²) >= 11 is 1.27. The van der Waals surface area contributed by atoms with Gasteiger partial charge in [0.15, 0.2) is 6.10 Å². The molecule has 0 unspecified atom stereocenters. The topological polar surface area (TPSA) is 81.4 Å². The second-order valence-corrected chi connectivity index (χ2v) is 7.33. The van der Waals surface area contributed by atoms with Gasteiger partial charge in [-0.15, -0.1) is 11.3 Å². The van der Waals surface area contributed by atoms with Gasteiger partial charge in [0.1, 0.15) is 15.6 Å². The molecule has 0 radical (unpaired) electrons. The number of nitrogens with zero attached hydrogens (tertiary/aromatic N) is 1. The van der Waals surface area contributed by atoms with E-state index in [1.165, 1.54) is 30.1 Å². The SMILES string of the molecule is CCc1ccc(-c2nc(C)c(C(=O)O[C@H](C)C(=O)NCc3ccco3)s2)cc1. The molecule has 0 saturated heterocycles. The molecule has 6 nitrogen and oxygen atoms in total. The van der Waals surface area contributed by atoms with Crippen LogP contribution < -0.4 is 5.32 Å². The minimum atomic E-state index is -0.920. The fraction of sp³-hybridized carbons (Fsp3) is 0.286. The molecular formula is C21H22N2O4S. The largest absolute Gasteiger partial charge is 0.467 e. The highest BCUT2D eigenvalue weighted by atomic mass is 32.1. The van der Waals surface area contributed by atoms with Gasteiger partial charge >= 0.3 is 5.97 Å². The third-order valence-electron chi connectivity index (χ3n) is 4.26. The lowest BCUT2D eigenvalue weighted by molar-refractivity contribution is -0.129. The zero-order valence-electron chi connectivity index (χ0n) is 16.0. The minimum absolute atomic E-state index is 0.241. The van der Waals surface area contributed by atoms with Crippen LogP contribution in [0.5, 0.6) is 0 Å². The van der Waals surface area contributed by atoms with Crippen LogP contribution in [-0.2, 0) is 22.5 Å². The van der Waals surface area contributed by atoms with Gasteiger partial charge in [-0.1, -0.05) is 31.2 Å². The van der Waals surface area contributed by atoms with Crippen molar-refractivity contribution in [3.8, 4) is 10.6 Å². The first-order valence-corrected chi connectivity index (χ1v) is 9.87. The van der Waals surface area contributed by atoms with E-state index >= 15 is 0 Å². The Morgan fingerprint density at radius 3 is 2.64 bits per heavy atom. The Kier molecular flexibility index (Phi) is 6.26. The molecule has 1 aromatic carbocycles. The predicted octanol–water partition coefficient (Wildman–Crippen LogP) is 4.14. The standard InChI is InChI=1S/C21H22N2O4S/c1-4-15-7-9-16(10-8-15)20-23-13(2)18(28-20)21(25)27-14(3)19(24)22-12-17-6-5-11-26-17/h5-11,14H,4,12H2,1-3H3,(H,22,24)/t14-/m1/s1. The summed E-state index contributed by atoms with van der Waals surface area (Å²) in [5.74, 6) is -0.307. The Bertz CT molecular complexity index is 945. The molecule has 0 spiro atoms. The number of thiazole rings is 1. The molecule has 3 rings (SSSR count).